The number of carbonyl (C=O) groups excluding carboxylic acids is 2. The molecule has 12 unspecified atom stereocenters. The maximum atomic E-state index is 14.1. The molecule has 0 bridgehead atoms. The van der Waals surface area contributed by atoms with Crippen LogP contribution in [0.2, 0.25) is 37.3 Å². The van der Waals surface area contributed by atoms with Crippen LogP contribution < -0.4 is 11.5 Å². The van der Waals surface area contributed by atoms with E-state index in [0.29, 0.717) is 45.2 Å². The second-order valence-electron chi connectivity index (χ2n) is 21.9. The van der Waals surface area contributed by atoms with Gasteiger partial charge < -0.3 is 25.4 Å². The van der Waals surface area contributed by atoms with Crippen molar-refractivity contribution in [3.05, 3.63) is 0 Å². The highest BCUT2D eigenvalue weighted by Crippen LogP contribution is 2.58. The zero-order valence-corrected chi connectivity index (χ0v) is 40.2. The summed E-state index contributed by atoms with van der Waals surface area (Å²) in [6.45, 7) is 15.8. The van der Waals surface area contributed by atoms with Crippen molar-refractivity contribution in [1.82, 2.24) is 9.80 Å². The largest absolute Gasteiger partial charge is 0.455 e. The van der Waals surface area contributed by atoms with E-state index >= 15 is 0 Å². The number of nitrogens with zero attached hydrogens (tertiary/aromatic N) is 2. The van der Waals surface area contributed by atoms with Crippen LogP contribution in [-0.4, -0.2) is 98.5 Å². The minimum Gasteiger partial charge on any atom is -0.455 e. The van der Waals surface area contributed by atoms with Crippen molar-refractivity contribution < 1.29 is 13.7 Å². The fourth-order valence-electron chi connectivity index (χ4n) is 14.9. The molecule has 0 spiro atoms. The molecule has 4 N–H and O–H groups in total. The molecule has 0 aromatic rings. The molecule has 8 aliphatic rings. The van der Waals surface area contributed by atoms with Gasteiger partial charge in [-0.3, -0.25) is 9.59 Å². The lowest BCUT2D eigenvalue weighted by Gasteiger charge is -2.49. The van der Waals surface area contributed by atoms with Gasteiger partial charge >= 0.3 is 0 Å². The van der Waals surface area contributed by atoms with Crippen LogP contribution in [0.5, 0.6) is 0 Å². The van der Waals surface area contributed by atoms with E-state index < -0.39 is 16.6 Å². The first-order chi connectivity index (χ1) is 27.4. The monoisotopic (exact) mass is 859 g/mol. The Hall–Kier alpha value is -0.0462. The van der Waals surface area contributed by atoms with Crippen molar-refractivity contribution in [3.63, 3.8) is 0 Å². The Morgan fingerprint density at radius 2 is 0.912 bits per heavy atom. The smallest absolute Gasteiger partial charge is 0.235 e. The summed E-state index contributed by atoms with van der Waals surface area (Å²) in [6, 6.07) is 0. The van der Waals surface area contributed by atoms with Crippen LogP contribution in [0.25, 0.3) is 0 Å². The van der Waals surface area contributed by atoms with E-state index in [9.17, 15) is 9.59 Å². The molecule has 8 fully saturated rings. The van der Waals surface area contributed by atoms with Gasteiger partial charge in [-0.15, -0.1) is 23.5 Å². The third kappa shape index (κ3) is 9.64. The number of likely N-dealkylation sites (tertiary alicyclic amines) is 2. The molecule has 8 rings (SSSR count). The standard InChI is InChI=1S/C46H82N4O3S2Si2/c1-56(2,43-15-7-13-39-37(43)27-41(54-39)45(51)49-21-17-33(18-22-49)35-11-5-9-31(25-35)29-47)53-57(3,4)44-16-8-14-40-38(44)28-42(55-40)46(52)50-23-19-34(20-24-50)36-12-6-10-32(26-36)30-48/h31-44H,5-30,47-48H2,1-4H3. The number of piperidine rings is 2. The number of thioether (sulfide) groups is 2. The molecule has 0 radical (unpaired) electrons. The van der Waals surface area contributed by atoms with Crippen molar-refractivity contribution in [2.75, 3.05) is 39.3 Å². The summed E-state index contributed by atoms with van der Waals surface area (Å²) in [5, 5.41) is 1.54. The molecule has 4 aliphatic heterocycles. The summed E-state index contributed by atoms with van der Waals surface area (Å²) < 4.78 is 7.77. The number of hydrogen-bond acceptors (Lipinski definition) is 7. The van der Waals surface area contributed by atoms with Gasteiger partial charge in [0.1, 0.15) is 0 Å². The van der Waals surface area contributed by atoms with Gasteiger partial charge in [0.25, 0.3) is 0 Å². The predicted molar refractivity (Wildman–Crippen MR) is 245 cm³/mol. The Kier molecular flexibility index (Phi) is 14.3. The molecule has 11 heteroatoms. The van der Waals surface area contributed by atoms with Crippen LogP contribution in [-0.2, 0) is 13.7 Å². The highest BCUT2D eigenvalue weighted by Gasteiger charge is 2.56. The lowest BCUT2D eigenvalue weighted by atomic mass is 9.72. The Labute approximate surface area is 358 Å². The first-order valence-corrected chi connectivity index (χ1v) is 32.3. The van der Waals surface area contributed by atoms with Crippen molar-refractivity contribution in [2.24, 2.45) is 58.8 Å². The van der Waals surface area contributed by atoms with Crippen molar-refractivity contribution >= 4 is 52.0 Å². The molecule has 57 heavy (non-hydrogen) atoms. The average molecular weight is 859 g/mol. The van der Waals surface area contributed by atoms with Gasteiger partial charge in [-0.05, 0) is 175 Å². The summed E-state index contributed by atoms with van der Waals surface area (Å²) in [6.07, 6.45) is 25.3. The van der Waals surface area contributed by atoms with E-state index in [4.69, 9.17) is 15.6 Å². The van der Waals surface area contributed by atoms with Crippen molar-refractivity contribution in [2.45, 2.75) is 187 Å². The van der Waals surface area contributed by atoms with E-state index in [0.717, 1.165) is 87.6 Å². The number of fused-ring (bicyclic) bond motifs is 2. The minimum absolute atomic E-state index is 0.147. The average Bonchev–Trinajstić information content (AvgIpc) is 3.88. The third-order valence-corrected chi connectivity index (χ3v) is 30.4. The van der Waals surface area contributed by atoms with E-state index in [-0.39, 0.29) is 10.5 Å². The zero-order valence-electron chi connectivity index (χ0n) is 36.6. The highest BCUT2D eigenvalue weighted by molar-refractivity contribution is 8.01. The molecule has 4 saturated carbocycles. The topological polar surface area (TPSA) is 102 Å². The SMILES string of the molecule is C[Si](C)(O[Si](C)(C)C1CCCC2SC(C(=O)N3CCC(C4CCCC(CN)C4)CC3)CC21)C1CCCC2SC(C(=O)N3CCC(C4CCCC(CN)C4)CC3)CC21. The summed E-state index contributed by atoms with van der Waals surface area (Å²) in [7, 11) is -4.12. The Morgan fingerprint density at radius 3 is 1.30 bits per heavy atom. The van der Waals surface area contributed by atoms with Gasteiger partial charge in [-0.1, -0.05) is 51.4 Å². The van der Waals surface area contributed by atoms with Gasteiger partial charge in [0.2, 0.25) is 11.8 Å². The summed E-state index contributed by atoms with van der Waals surface area (Å²) in [5.74, 6) is 6.84. The molecular weight excluding hydrogens is 777 g/mol. The fraction of sp³-hybridized carbons (Fsp3) is 0.957. The lowest BCUT2D eigenvalue weighted by Crippen LogP contribution is -2.54. The van der Waals surface area contributed by atoms with Gasteiger partial charge in [-0.25, -0.2) is 0 Å². The van der Waals surface area contributed by atoms with Crippen LogP contribution in [0.4, 0.5) is 0 Å². The van der Waals surface area contributed by atoms with Crippen LogP contribution >= 0.6 is 23.5 Å². The van der Waals surface area contributed by atoms with Crippen LogP contribution in [0.1, 0.15) is 128 Å². The Balaban J connectivity index is 0.839. The first kappa shape index (κ1) is 43.6. The van der Waals surface area contributed by atoms with Crippen LogP contribution in [0, 0.1) is 47.3 Å². The molecular formula is C46H82N4O3S2Si2. The van der Waals surface area contributed by atoms with E-state index in [1.165, 1.54) is 116 Å². The lowest BCUT2D eigenvalue weighted by molar-refractivity contribution is -0.133. The van der Waals surface area contributed by atoms with Gasteiger partial charge in [0.05, 0.1) is 10.5 Å². The molecule has 2 amide bonds. The van der Waals surface area contributed by atoms with Crippen molar-refractivity contribution in [1.29, 1.82) is 0 Å². The number of carbonyl (C=O) groups is 2. The van der Waals surface area contributed by atoms with Gasteiger partial charge in [0.15, 0.2) is 16.6 Å². The molecule has 4 saturated heterocycles. The first-order valence-electron chi connectivity index (χ1n) is 24.4. The van der Waals surface area contributed by atoms with Crippen molar-refractivity contribution in [3.8, 4) is 0 Å². The molecule has 4 aliphatic carbocycles. The Bertz CT molecular complexity index is 1270. The maximum Gasteiger partial charge on any atom is 0.235 e. The van der Waals surface area contributed by atoms with E-state index in [2.05, 4.69) is 59.5 Å². The summed E-state index contributed by atoms with van der Waals surface area (Å²) in [4.78, 5) is 32.8. The second-order valence-corrected chi connectivity index (χ2v) is 33.5. The van der Waals surface area contributed by atoms with E-state index in [1.54, 1.807) is 0 Å². The Morgan fingerprint density at radius 1 is 0.526 bits per heavy atom. The quantitative estimate of drug-likeness (QED) is 0.211. The zero-order chi connectivity index (χ0) is 39.9. The molecule has 0 aromatic carbocycles. The molecule has 7 nitrogen and oxygen atoms in total. The third-order valence-electron chi connectivity index (χ3n) is 17.9. The maximum absolute atomic E-state index is 14.1. The molecule has 0 aromatic heterocycles. The summed E-state index contributed by atoms with van der Waals surface area (Å²) in [5.41, 5.74) is 13.5. The number of amides is 2. The second kappa shape index (κ2) is 18.7. The van der Waals surface area contributed by atoms with E-state index in [1.807, 2.05) is 0 Å². The number of nitrogens with two attached hydrogens (primary N) is 2. The molecule has 12 atom stereocenters. The van der Waals surface area contributed by atoms with Crippen LogP contribution in [0.3, 0.4) is 0 Å². The fourth-order valence-corrected chi connectivity index (χ4v) is 30.0. The molecule has 4 heterocycles. The minimum atomic E-state index is -2.06. The number of rotatable bonds is 10. The highest BCUT2D eigenvalue weighted by atomic mass is 32.2. The van der Waals surface area contributed by atoms with Crippen LogP contribution in [0.15, 0.2) is 0 Å². The summed E-state index contributed by atoms with van der Waals surface area (Å²) >= 11 is 4.12. The van der Waals surface area contributed by atoms with Gasteiger partial charge in [-0.2, -0.15) is 0 Å². The van der Waals surface area contributed by atoms with Gasteiger partial charge in [0, 0.05) is 36.7 Å². The predicted octanol–water partition coefficient (Wildman–Crippen LogP) is 9.51. The normalized spacial score (nSPS) is 40.2. The number of hydrogen-bond donors (Lipinski definition) is 2. The molecule has 324 valence electrons.